The zero-order chi connectivity index (χ0) is 13.7. The van der Waals surface area contributed by atoms with Crippen molar-refractivity contribution in [3.8, 4) is 0 Å². The van der Waals surface area contributed by atoms with Crippen LogP contribution in [0.25, 0.3) is 0 Å². The van der Waals surface area contributed by atoms with Gasteiger partial charge in [-0.15, -0.1) is 11.3 Å². The van der Waals surface area contributed by atoms with Crippen molar-refractivity contribution in [3.63, 3.8) is 0 Å². The maximum absolute atomic E-state index is 11.8. The van der Waals surface area contributed by atoms with Gasteiger partial charge >= 0.3 is 6.09 Å². The zero-order valence-corrected chi connectivity index (χ0v) is 12.4. The van der Waals surface area contributed by atoms with E-state index in [-0.39, 0.29) is 5.54 Å². The number of carbonyl (C=O) groups is 1. The van der Waals surface area contributed by atoms with Gasteiger partial charge in [0, 0.05) is 0 Å². The lowest BCUT2D eigenvalue weighted by Gasteiger charge is -2.44. The normalized spacial score (nSPS) is 18.2. The van der Waals surface area contributed by atoms with Crippen molar-refractivity contribution in [2.75, 3.05) is 4.90 Å². The molecular formula is C15H23NO2S. The quantitative estimate of drug-likeness (QED) is 0.813. The number of hydrogen-bond donors (Lipinski definition) is 1. The molecule has 1 aliphatic carbocycles. The molecule has 4 heteroatoms. The number of anilines is 1. The molecule has 0 bridgehead atoms. The van der Waals surface area contributed by atoms with Gasteiger partial charge in [-0.3, -0.25) is 4.90 Å². The number of rotatable bonds is 5. The smallest absolute Gasteiger partial charge is 0.412 e. The second-order valence-corrected chi connectivity index (χ2v) is 6.38. The number of hydrogen-bond acceptors (Lipinski definition) is 2. The van der Waals surface area contributed by atoms with Crippen molar-refractivity contribution in [2.24, 2.45) is 0 Å². The molecule has 0 aliphatic heterocycles. The molecule has 0 aromatic carbocycles. The molecule has 3 nitrogen and oxygen atoms in total. The van der Waals surface area contributed by atoms with Crippen LogP contribution in [0, 0.1) is 0 Å². The predicted octanol–water partition coefficient (Wildman–Crippen LogP) is 5.13. The van der Waals surface area contributed by atoms with Crippen molar-refractivity contribution in [1.82, 2.24) is 0 Å². The van der Waals surface area contributed by atoms with Crippen LogP contribution in [0.5, 0.6) is 0 Å². The third-order valence-corrected chi connectivity index (χ3v) is 5.03. The summed E-state index contributed by atoms with van der Waals surface area (Å²) in [5.74, 6) is 0. The highest BCUT2D eigenvalue weighted by atomic mass is 32.1. The Bertz CT molecular complexity index is 396. The van der Waals surface area contributed by atoms with Crippen LogP contribution < -0.4 is 4.90 Å². The van der Waals surface area contributed by atoms with Gasteiger partial charge in [-0.05, 0) is 36.8 Å². The van der Waals surface area contributed by atoms with Crippen molar-refractivity contribution in [1.29, 1.82) is 0 Å². The first-order chi connectivity index (χ1) is 9.19. The summed E-state index contributed by atoms with van der Waals surface area (Å²) in [5, 5.41) is 12.5. The van der Waals surface area contributed by atoms with E-state index in [1.54, 1.807) is 4.90 Å². The minimum Gasteiger partial charge on any atom is -0.465 e. The minimum absolute atomic E-state index is 0.162. The molecule has 0 saturated heterocycles. The van der Waals surface area contributed by atoms with Gasteiger partial charge in [0.25, 0.3) is 0 Å². The SMILES string of the molecule is CCCCC1(N(C(=O)O)c2cccs2)CCCCC1. The van der Waals surface area contributed by atoms with Gasteiger partial charge in [0.1, 0.15) is 5.00 Å². The van der Waals surface area contributed by atoms with E-state index in [9.17, 15) is 9.90 Å². The fourth-order valence-electron chi connectivity index (χ4n) is 3.23. The first-order valence-corrected chi connectivity index (χ1v) is 8.14. The lowest BCUT2D eigenvalue weighted by molar-refractivity contribution is 0.178. The Labute approximate surface area is 119 Å². The Morgan fingerprint density at radius 3 is 2.68 bits per heavy atom. The van der Waals surface area contributed by atoms with Crippen LogP contribution in [0.2, 0.25) is 0 Å². The summed E-state index contributed by atoms with van der Waals surface area (Å²) < 4.78 is 0. The molecule has 0 unspecified atom stereocenters. The van der Waals surface area contributed by atoms with E-state index < -0.39 is 6.09 Å². The van der Waals surface area contributed by atoms with Gasteiger partial charge in [-0.1, -0.05) is 39.0 Å². The summed E-state index contributed by atoms with van der Waals surface area (Å²) in [6.45, 7) is 2.17. The molecule has 0 radical (unpaired) electrons. The molecule has 106 valence electrons. The van der Waals surface area contributed by atoms with Crippen LogP contribution in [0.1, 0.15) is 58.3 Å². The topological polar surface area (TPSA) is 40.5 Å². The largest absolute Gasteiger partial charge is 0.465 e. The molecule has 1 fully saturated rings. The fourth-order valence-corrected chi connectivity index (χ4v) is 4.06. The highest BCUT2D eigenvalue weighted by molar-refractivity contribution is 7.14. The standard InChI is InChI=1S/C15H23NO2S/c1-2-3-9-15(10-5-4-6-11-15)16(14(17)18)13-8-7-12-19-13/h7-8,12H,2-6,9-11H2,1H3,(H,17,18). The van der Waals surface area contributed by atoms with Gasteiger partial charge in [0.05, 0.1) is 5.54 Å². The van der Waals surface area contributed by atoms with Crippen LogP contribution in [0.15, 0.2) is 17.5 Å². The summed E-state index contributed by atoms with van der Waals surface area (Å²) in [6.07, 6.45) is 8.00. The molecule has 1 N–H and O–H groups in total. The summed E-state index contributed by atoms with van der Waals surface area (Å²) in [7, 11) is 0. The molecule has 0 spiro atoms. The molecule has 1 aromatic rings. The first kappa shape index (κ1) is 14.4. The number of amides is 1. The van der Waals surface area contributed by atoms with E-state index in [1.165, 1.54) is 17.8 Å². The van der Waals surface area contributed by atoms with E-state index in [0.29, 0.717) is 0 Å². The minimum atomic E-state index is -0.791. The monoisotopic (exact) mass is 281 g/mol. The van der Waals surface area contributed by atoms with Crippen LogP contribution in [-0.4, -0.2) is 16.7 Å². The van der Waals surface area contributed by atoms with E-state index >= 15 is 0 Å². The van der Waals surface area contributed by atoms with Crippen LogP contribution >= 0.6 is 11.3 Å². The Kier molecular flexibility index (Phi) is 4.86. The van der Waals surface area contributed by atoms with Gasteiger partial charge in [0.15, 0.2) is 0 Å². The van der Waals surface area contributed by atoms with Gasteiger partial charge in [-0.25, -0.2) is 4.79 Å². The number of unbranched alkanes of at least 4 members (excludes halogenated alkanes) is 1. The molecule has 1 heterocycles. The Morgan fingerprint density at radius 1 is 1.42 bits per heavy atom. The van der Waals surface area contributed by atoms with Crippen LogP contribution in [-0.2, 0) is 0 Å². The molecule has 0 atom stereocenters. The maximum Gasteiger partial charge on any atom is 0.412 e. The fraction of sp³-hybridized carbons (Fsp3) is 0.667. The third kappa shape index (κ3) is 3.11. The second kappa shape index (κ2) is 6.42. The van der Waals surface area contributed by atoms with Gasteiger partial charge < -0.3 is 5.11 Å². The summed E-state index contributed by atoms with van der Waals surface area (Å²) >= 11 is 1.53. The molecule has 1 aromatic heterocycles. The van der Waals surface area contributed by atoms with E-state index in [2.05, 4.69) is 6.92 Å². The van der Waals surface area contributed by atoms with E-state index in [1.807, 2.05) is 17.5 Å². The maximum atomic E-state index is 11.8. The zero-order valence-electron chi connectivity index (χ0n) is 11.6. The average molecular weight is 281 g/mol. The summed E-state index contributed by atoms with van der Waals surface area (Å²) in [6, 6.07) is 3.87. The van der Waals surface area contributed by atoms with Crippen molar-refractivity contribution >= 4 is 22.4 Å². The van der Waals surface area contributed by atoms with Crippen molar-refractivity contribution < 1.29 is 9.90 Å². The third-order valence-electron chi connectivity index (χ3n) is 4.17. The van der Waals surface area contributed by atoms with Crippen molar-refractivity contribution in [2.45, 2.75) is 63.8 Å². The summed E-state index contributed by atoms with van der Waals surface area (Å²) in [5.41, 5.74) is -0.162. The average Bonchev–Trinajstić information content (AvgIpc) is 2.91. The van der Waals surface area contributed by atoms with Gasteiger partial charge in [-0.2, -0.15) is 0 Å². The van der Waals surface area contributed by atoms with Gasteiger partial charge in [0.2, 0.25) is 0 Å². The molecule has 19 heavy (non-hydrogen) atoms. The summed E-state index contributed by atoms with van der Waals surface area (Å²) in [4.78, 5) is 13.5. The predicted molar refractivity (Wildman–Crippen MR) is 80.2 cm³/mol. The van der Waals surface area contributed by atoms with E-state index in [0.717, 1.165) is 49.9 Å². The lowest BCUT2D eigenvalue weighted by Crippen LogP contribution is -2.52. The first-order valence-electron chi connectivity index (χ1n) is 7.26. The Hall–Kier alpha value is -1.03. The van der Waals surface area contributed by atoms with E-state index in [4.69, 9.17) is 0 Å². The second-order valence-electron chi connectivity index (χ2n) is 5.46. The van der Waals surface area contributed by atoms with Crippen LogP contribution in [0.3, 0.4) is 0 Å². The number of thiophene rings is 1. The number of nitrogens with zero attached hydrogens (tertiary/aromatic N) is 1. The number of carboxylic acid groups (broad SMARTS) is 1. The molecule has 2 rings (SSSR count). The molecule has 1 aliphatic rings. The molecule has 1 saturated carbocycles. The Morgan fingerprint density at radius 2 is 2.16 bits per heavy atom. The molecular weight excluding hydrogens is 258 g/mol. The highest BCUT2D eigenvalue weighted by Crippen LogP contribution is 2.41. The molecule has 1 amide bonds. The van der Waals surface area contributed by atoms with Crippen molar-refractivity contribution in [3.05, 3.63) is 17.5 Å². The van der Waals surface area contributed by atoms with Crippen LogP contribution in [0.4, 0.5) is 9.80 Å². The highest BCUT2D eigenvalue weighted by Gasteiger charge is 2.41. The Balaban J connectivity index is 2.30. The lowest BCUT2D eigenvalue weighted by atomic mass is 9.77.